The fourth-order valence-corrected chi connectivity index (χ4v) is 2.57. The summed E-state index contributed by atoms with van der Waals surface area (Å²) < 4.78 is 0. The fourth-order valence-electron chi connectivity index (χ4n) is 2.57. The van der Waals surface area contributed by atoms with Gasteiger partial charge in [-0.3, -0.25) is 9.59 Å². The van der Waals surface area contributed by atoms with Crippen LogP contribution < -0.4 is 16.0 Å². The van der Waals surface area contributed by atoms with E-state index in [2.05, 4.69) is 16.0 Å². The molecule has 0 saturated heterocycles. The van der Waals surface area contributed by atoms with Crippen molar-refractivity contribution < 1.29 is 9.59 Å². The van der Waals surface area contributed by atoms with Crippen LogP contribution in [-0.2, 0) is 4.79 Å². The van der Waals surface area contributed by atoms with E-state index in [0.717, 1.165) is 16.9 Å². The maximum Gasteiger partial charge on any atom is 0.255 e. The van der Waals surface area contributed by atoms with Crippen LogP contribution in [-0.4, -0.2) is 18.4 Å². The van der Waals surface area contributed by atoms with Gasteiger partial charge in [-0.2, -0.15) is 0 Å². The Morgan fingerprint density at radius 1 is 0.741 bits per heavy atom. The highest BCUT2D eigenvalue weighted by atomic mass is 16.2. The van der Waals surface area contributed by atoms with Crippen molar-refractivity contribution >= 4 is 28.9 Å². The van der Waals surface area contributed by atoms with Crippen molar-refractivity contribution in [1.29, 1.82) is 0 Å². The van der Waals surface area contributed by atoms with E-state index in [4.69, 9.17) is 0 Å². The minimum absolute atomic E-state index is 0.127. The zero-order valence-corrected chi connectivity index (χ0v) is 15.0. The van der Waals surface area contributed by atoms with E-state index < -0.39 is 0 Å². The van der Waals surface area contributed by atoms with Crippen LogP contribution in [0.2, 0.25) is 0 Å². The van der Waals surface area contributed by atoms with Gasteiger partial charge in [0.2, 0.25) is 5.91 Å². The molecule has 27 heavy (non-hydrogen) atoms. The zero-order chi connectivity index (χ0) is 19.1. The molecule has 0 atom stereocenters. The Kier molecular flexibility index (Phi) is 5.84. The summed E-state index contributed by atoms with van der Waals surface area (Å²) >= 11 is 0. The van der Waals surface area contributed by atoms with Crippen molar-refractivity contribution in [2.75, 3.05) is 22.5 Å². The highest BCUT2D eigenvalue weighted by Gasteiger charge is 2.06. The summed E-state index contributed by atoms with van der Waals surface area (Å²) in [6.07, 6.45) is 0. The summed E-state index contributed by atoms with van der Waals surface area (Å²) in [5, 5.41) is 8.74. The summed E-state index contributed by atoms with van der Waals surface area (Å²) in [6, 6.07) is 24.0. The van der Waals surface area contributed by atoms with Crippen LogP contribution >= 0.6 is 0 Å². The first-order valence-electron chi connectivity index (χ1n) is 8.67. The van der Waals surface area contributed by atoms with Crippen molar-refractivity contribution in [2.45, 2.75) is 6.92 Å². The molecule has 0 fully saturated rings. The van der Waals surface area contributed by atoms with Crippen molar-refractivity contribution in [3.63, 3.8) is 0 Å². The van der Waals surface area contributed by atoms with E-state index in [-0.39, 0.29) is 18.4 Å². The molecule has 3 N–H and O–H groups in total. The number of benzene rings is 3. The fraction of sp³-hybridized carbons (Fsp3) is 0.0909. The van der Waals surface area contributed by atoms with E-state index in [1.165, 1.54) is 0 Å². The molecule has 0 aliphatic rings. The van der Waals surface area contributed by atoms with Gasteiger partial charge in [0.25, 0.3) is 5.91 Å². The summed E-state index contributed by atoms with van der Waals surface area (Å²) in [5.41, 5.74) is 3.91. The normalized spacial score (nSPS) is 10.1. The Hall–Kier alpha value is -3.60. The number of aryl methyl sites for hydroxylation is 1. The van der Waals surface area contributed by atoms with E-state index in [1.54, 1.807) is 18.2 Å². The molecule has 136 valence electrons. The predicted octanol–water partition coefficient (Wildman–Crippen LogP) is 4.30. The Labute approximate surface area is 158 Å². The average molecular weight is 359 g/mol. The quantitative estimate of drug-likeness (QED) is 0.615. The molecule has 0 aliphatic heterocycles. The number of hydrogen-bond acceptors (Lipinski definition) is 3. The van der Waals surface area contributed by atoms with Gasteiger partial charge in [0.15, 0.2) is 0 Å². The molecule has 0 unspecified atom stereocenters. The van der Waals surface area contributed by atoms with Crippen LogP contribution in [0.1, 0.15) is 15.9 Å². The molecule has 0 saturated carbocycles. The number of hydrogen-bond donors (Lipinski definition) is 3. The highest BCUT2D eigenvalue weighted by Crippen LogP contribution is 2.15. The second-order valence-corrected chi connectivity index (χ2v) is 6.17. The van der Waals surface area contributed by atoms with Gasteiger partial charge in [0.05, 0.1) is 6.54 Å². The largest absolute Gasteiger partial charge is 0.376 e. The van der Waals surface area contributed by atoms with Crippen molar-refractivity contribution in [3.8, 4) is 0 Å². The van der Waals surface area contributed by atoms with Crippen molar-refractivity contribution in [2.24, 2.45) is 0 Å². The lowest BCUT2D eigenvalue weighted by atomic mass is 10.1. The number of para-hydroxylation sites is 1. The SMILES string of the molecule is Cc1cccc(C(=O)Nc2ccc(NCC(=O)Nc3ccccc3)cc2)c1. The Balaban J connectivity index is 1.51. The maximum atomic E-state index is 12.3. The molecule has 3 aromatic carbocycles. The summed E-state index contributed by atoms with van der Waals surface area (Å²) in [4.78, 5) is 24.2. The summed E-state index contributed by atoms with van der Waals surface area (Å²) in [6.45, 7) is 2.11. The molecule has 3 rings (SSSR count). The molecule has 5 heteroatoms. The minimum Gasteiger partial charge on any atom is -0.376 e. The lowest BCUT2D eigenvalue weighted by molar-refractivity contribution is -0.114. The smallest absolute Gasteiger partial charge is 0.255 e. The van der Waals surface area contributed by atoms with Crippen LogP contribution in [0.25, 0.3) is 0 Å². The first kappa shape index (κ1) is 18.2. The number of rotatable bonds is 6. The average Bonchev–Trinajstić information content (AvgIpc) is 2.68. The zero-order valence-electron chi connectivity index (χ0n) is 15.0. The summed E-state index contributed by atoms with van der Waals surface area (Å²) in [7, 11) is 0. The maximum absolute atomic E-state index is 12.3. The van der Waals surface area contributed by atoms with Crippen molar-refractivity contribution in [1.82, 2.24) is 0 Å². The monoisotopic (exact) mass is 359 g/mol. The second-order valence-electron chi connectivity index (χ2n) is 6.17. The molecular weight excluding hydrogens is 338 g/mol. The first-order chi connectivity index (χ1) is 13.1. The van der Waals surface area contributed by atoms with E-state index in [0.29, 0.717) is 11.3 Å². The number of carbonyl (C=O) groups is 2. The van der Waals surface area contributed by atoms with Gasteiger partial charge in [-0.25, -0.2) is 0 Å². The molecule has 3 aromatic rings. The molecule has 0 radical (unpaired) electrons. The molecule has 5 nitrogen and oxygen atoms in total. The predicted molar refractivity (Wildman–Crippen MR) is 109 cm³/mol. The summed E-state index contributed by atoms with van der Waals surface area (Å²) in [5.74, 6) is -0.278. The number of carbonyl (C=O) groups excluding carboxylic acids is 2. The van der Waals surface area contributed by atoms with Gasteiger partial charge < -0.3 is 16.0 Å². The topological polar surface area (TPSA) is 70.2 Å². The third kappa shape index (κ3) is 5.44. The lowest BCUT2D eigenvalue weighted by Crippen LogP contribution is -2.21. The molecule has 0 spiro atoms. The standard InChI is InChI=1S/C22H21N3O2/c1-16-6-5-7-17(14-16)22(27)25-20-12-10-18(11-13-20)23-15-21(26)24-19-8-3-2-4-9-19/h2-14,23H,15H2,1H3,(H,24,26)(H,25,27). The van der Waals surface area contributed by atoms with Gasteiger partial charge in [0.1, 0.15) is 0 Å². The Morgan fingerprint density at radius 3 is 2.11 bits per heavy atom. The van der Waals surface area contributed by atoms with E-state index >= 15 is 0 Å². The number of nitrogens with one attached hydrogen (secondary N) is 3. The Morgan fingerprint density at radius 2 is 1.41 bits per heavy atom. The van der Waals surface area contributed by atoms with E-state index in [1.807, 2.05) is 67.6 Å². The first-order valence-corrected chi connectivity index (χ1v) is 8.67. The van der Waals surface area contributed by atoms with Gasteiger partial charge >= 0.3 is 0 Å². The molecule has 0 bridgehead atoms. The molecule has 0 heterocycles. The minimum atomic E-state index is -0.151. The van der Waals surface area contributed by atoms with Crippen LogP contribution in [0.15, 0.2) is 78.9 Å². The van der Waals surface area contributed by atoms with Gasteiger partial charge in [-0.05, 0) is 55.5 Å². The molecule has 0 aromatic heterocycles. The molecule has 0 aliphatic carbocycles. The van der Waals surface area contributed by atoms with Crippen LogP contribution in [0, 0.1) is 6.92 Å². The highest BCUT2D eigenvalue weighted by molar-refractivity contribution is 6.04. The number of amides is 2. The number of anilines is 3. The van der Waals surface area contributed by atoms with Gasteiger partial charge in [-0.1, -0.05) is 35.9 Å². The molecule has 2 amide bonds. The van der Waals surface area contributed by atoms with Crippen LogP contribution in [0.5, 0.6) is 0 Å². The second kappa shape index (κ2) is 8.67. The lowest BCUT2D eigenvalue weighted by Gasteiger charge is -2.09. The van der Waals surface area contributed by atoms with Crippen LogP contribution in [0.3, 0.4) is 0 Å². The third-order valence-corrected chi connectivity index (χ3v) is 3.93. The van der Waals surface area contributed by atoms with Gasteiger partial charge in [0, 0.05) is 22.6 Å². The third-order valence-electron chi connectivity index (χ3n) is 3.93. The van der Waals surface area contributed by atoms with Gasteiger partial charge in [-0.15, -0.1) is 0 Å². The molecular formula is C22H21N3O2. The Bertz CT molecular complexity index is 922. The van der Waals surface area contributed by atoms with E-state index in [9.17, 15) is 9.59 Å². The van der Waals surface area contributed by atoms with Crippen LogP contribution in [0.4, 0.5) is 17.1 Å². The van der Waals surface area contributed by atoms with Crippen molar-refractivity contribution in [3.05, 3.63) is 90.0 Å².